The van der Waals surface area contributed by atoms with Gasteiger partial charge in [-0.1, -0.05) is 11.6 Å². The van der Waals surface area contributed by atoms with Crippen LogP contribution in [0.4, 0.5) is 5.69 Å². The fourth-order valence-corrected chi connectivity index (χ4v) is 4.54. The van der Waals surface area contributed by atoms with E-state index in [-0.39, 0.29) is 14.5 Å². The van der Waals surface area contributed by atoms with Crippen LogP contribution in [0.1, 0.15) is 12.8 Å². The van der Waals surface area contributed by atoms with Gasteiger partial charge in [0.25, 0.3) is 15.7 Å². The van der Waals surface area contributed by atoms with E-state index in [2.05, 4.69) is 4.72 Å². The van der Waals surface area contributed by atoms with Crippen LogP contribution in [-0.2, 0) is 14.8 Å². The summed E-state index contributed by atoms with van der Waals surface area (Å²) >= 11 is 6.10. The standard InChI is InChI=1S/C9H9ClN2O6S2/c10-8-5(12(15)16)3-6(19-8)20(17,18)11-7(9(13)14)4-1-2-4/h3-4,7,11H,1-2H2,(H,13,14). The van der Waals surface area contributed by atoms with Gasteiger partial charge < -0.3 is 5.11 Å². The lowest BCUT2D eigenvalue weighted by Crippen LogP contribution is -2.42. The number of halogens is 1. The molecule has 1 atom stereocenters. The van der Waals surface area contributed by atoms with E-state index in [1.807, 2.05) is 0 Å². The smallest absolute Gasteiger partial charge is 0.322 e. The Bertz CT molecular complexity index is 666. The fraction of sp³-hybridized carbons (Fsp3) is 0.444. The molecule has 0 bridgehead atoms. The minimum atomic E-state index is -4.15. The van der Waals surface area contributed by atoms with Gasteiger partial charge in [0.1, 0.15) is 10.3 Å². The highest BCUT2D eigenvalue weighted by molar-refractivity contribution is 7.91. The molecule has 1 aliphatic carbocycles. The van der Waals surface area contributed by atoms with Gasteiger partial charge in [0.15, 0.2) is 4.34 Å². The average Bonchev–Trinajstić information content (AvgIpc) is 3.07. The molecular weight excluding hydrogens is 332 g/mol. The second kappa shape index (κ2) is 5.28. The Labute approximate surface area is 122 Å². The highest BCUT2D eigenvalue weighted by atomic mass is 35.5. The van der Waals surface area contributed by atoms with Crippen LogP contribution in [-0.4, -0.2) is 30.5 Å². The maximum Gasteiger partial charge on any atom is 0.322 e. The molecular formula is C9H9ClN2O6S2. The van der Waals surface area contributed by atoms with Crippen LogP contribution < -0.4 is 4.72 Å². The van der Waals surface area contributed by atoms with Crippen LogP contribution >= 0.6 is 22.9 Å². The fourth-order valence-electron chi connectivity index (χ4n) is 1.60. The van der Waals surface area contributed by atoms with Gasteiger partial charge >= 0.3 is 5.97 Å². The molecule has 1 saturated carbocycles. The van der Waals surface area contributed by atoms with E-state index >= 15 is 0 Å². The van der Waals surface area contributed by atoms with Crippen LogP contribution in [0.3, 0.4) is 0 Å². The number of carboxylic acid groups (broad SMARTS) is 1. The van der Waals surface area contributed by atoms with Gasteiger partial charge in [-0.25, -0.2) is 8.42 Å². The summed E-state index contributed by atoms with van der Waals surface area (Å²) in [7, 11) is -4.15. The van der Waals surface area contributed by atoms with Crippen molar-refractivity contribution in [3.8, 4) is 0 Å². The van der Waals surface area contributed by atoms with Crippen molar-refractivity contribution in [1.29, 1.82) is 0 Å². The van der Waals surface area contributed by atoms with E-state index in [1.54, 1.807) is 0 Å². The Hall–Kier alpha value is -1.23. The second-order valence-electron chi connectivity index (χ2n) is 4.26. The van der Waals surface area contributed by atoms with Gasteiger partial charge in [0, 0.05) is 6.07 Å². The molecule has 0 amide bonds. The monoisotopic (exact) mass is 340 g/mol. The summed E-state index contributed by atoms with van der Waals surface area (Å²) in [6, 6.07) is -0.402. The predicted octanol–water partition coefficient (Wildman–Crippen LogP) is 1.45. The van der Waals surface area contributed by atoms with Crippen molar-refractivity contribution in [3.05, 3.63) is 20.5 Å². The molecule has 1 aromatic heterocycles. The molecule has 0 saturated heterocycles. The van der Waals surface area contributed by atoms with Gasteiger partial charge in [-0.15, -0.1) is 11.3 Å². The summed E-state index contributed by atoms with van der Waals surface area (Å²) < 4.78 is 25.5. The van der Waals surface area contributed by atoms with Gasteiger partial charge in [0.05, 0.1) is 4.92 Å². The Morgan fingerprint density at radius 1 is 1.60 bits per heavy atom. The number of nitro groups is 1. The second-order valence-corrected chi connectivity index (χ2v) is 7.85. The minimum absolute atomic E-state index is 0.243. The van der Waals surface area contributed by atoms with Crippen molar-refractivity contribution in [2.24, 2.45) is 5.92 Å². The van der Waals surface area contributed by atoms with Crippen molar-refractivity contribution in [3.63, 3.8) is 0 Å². The summed E-state index contributed by atoms with van der Waals surface area (Å²) in [6.45, 7) is 0. The third-order valence-corrected chi connectivity index (χ3v) is 6.00. The number of nitrogens with zero attached hydrogens (tertiary/aromatic N) is 1. The van der Waals surface area contributed by atoms with Crippen LogP contribution in [0, 0.1) is 16.0 Å². The Balaban J connectivity index is 2.28. The number of hydrogen-bond acceptors (Lipinski definition) is 6. The first-order valence-electron chi connectivity index (χ1n) is 5.41. The largest absolute Gasteiger partial charge is 0.480 e. The molecule has 110 valence electrons. The first-order chi connectivity index (χ1) is 9.22. The van der Waals surface area contributed by atoms with E-state index in [1.165, 1.54) is 0 Å². The molecule has 0 aromatic carbocycles. The molecule has 1 aromatic rings. The highest BCUT2D eigenvalue weighted by Crippen LogP contribution is 2.37. The summed E-state index contributed by atoms with van der Waals surface area (Å²) in [4.78, 5) is 20.8. The lowest BCUT2D eigenvalue weighted by molar-refractivity contribution is -0.384. The molecule has 2 N–H and O–H groups in total. The Kier molecular flexibility index (Phi) is 4.00. The zero-order valence-electron chi connectivity index (χ0n) is 9.78. The van der Waals surface area contributed by atoms with Crippen LogP contribution in [0.25, 0.3) is 0 Å². The van der Waals surface area contributed by atoms with E-state index in [0.29, 0.717) is 24.2 Å². The number of thiophene rings is 1. The van der Waals surface area contributed by atoms with Gasteiger partial charge in [-0.2, -0.15) is 4.72 Å². The molecule has 0 radical (unpaired) electrons. The summed E-state index contributed by atoms with van der Waals surface area (Å²) in [5.74, 6) is -1.51. The lowest BCUT2D eigenvalue weighted by atomic mass is 10.2. The average molecular weight is 341 g/mol. The summed E-state index contributed by atoms with van der Waals surface area (Å²) in [5, 5.41) is 19.6. The van der Waals surface area contributed by atoms with E-state index in [0.717, 1.165) is 6.07 Å². The number of hydrogen-bond donors (Lipinski definition) is 2. The van der Waals surface area contributed by atoms with E-state index in [9.17, 15) is 23.3 Å². The Morgan fingerprint density at radius 2 is 2.20 bits per heavy atom. The van der Waals surface area contributed by atoms with Crippen molar-refractivity contribution < 1.29 is 23.2 Å². The van der Waals surface area contributed by atoms with Crippen LogP contribution in [0.15, 0.2) is 10.3 Å². The maximum absolute atomic E-state index is 12.0. The number of carboxylic acids is 1. The molecule has 1 heterocycles. The van der Waals surface area contributed by atoms with E-state index < -0.39 is 32.6 Å². The summed E-state index contributed by atoms with van der Waals surface area (Å²) in [5.41, 5.74) is -0.518. The molecule has 11 heteroatoms. The zero-order chi connectivity index (χ0) is 15.1. The zero-order valence-corrected chi connectivity index (χ0v) is 12.2. The van der Waals surface area contributed by atoms with Crippen LogP contribution in [0.5, 0.6) is 0 Å². The molecule has 0 spiro atoms. The minimum Gasteiger partial charge on any atom is -0.480 e. The van der Waals surface area contributed by atoms with Crippen molar-refractivity contribution in [2.75, 3.05) is 0 Å². The molecule has 1 aliphatic rings. The van der Waals surface area contributed by atoms with Crippen molar-refractivity contribution in [1.82, 2.24) is 4.72 Å². The van der Waals surface area contributed by atoms with Crippen LogP contribution in [0.2, 0.25) is 4.34 Å². The topological polar surface area (TPSA) is 127 Å². The van der Waals surface area contributed by atoms with Gasteiger partial charge in [0.2, 0.25) is 0 Å². The molecule has 0 aliphatic heterocycles. The highest BCUT2D eigenvalue weighted by Gasteiger charge is 2.40. The molecule has 1 unspecified atom stereocenters. The third kappa shape index (κ3) is 3.08. The van der Waals surface area contributed by atoms with Crippen molar-refractivity contribution in [2.45, 2.75) is 23.1 Å². The maximum atomic E-state index is 12.0. The number of sulfonamides is 1. The lowest BCUT2D eigenvalue weighted by Gasteiger charge is -2.12. The SMILES string of the molecule is O=C(O)C(NS(=O)(=O)c1cc([N+](=O)[O-])c(Cl)s1)C1CC1. The normalized spacial score (nSPS) is 16.9. The summed E-state index contributed by atoms with van der Waals surface area (Å²) in [6.07, 6.45) is 1.26. The predicted molar refractivity (Wildman–Crippen MR) is 70.5 cm³/mol. The van der Waals surface area contributed by atoms with Crippen molar-refractivity contribution >= 4 is 44.6 Å². The quantitative estimate of drug-likeness (QED) is 0.596. The molecule has 20 heavy (non-hydrogen) atoms. The Morgan fingerprint density at radius 3 is 2.60 bits per heavy atom. The number of carbonyl (C=O) groups is 1. The van der Waals surface area contributed by atoms with Gasteiger partial charge in [-0.05, 0) is 18.8 Å². The first kappa shape index (κ1) is 15.2. The number of nitrogens with one attached hydrogen (secondary N) is 1. The van der Waals surface area contributed by atoms with Gasteiger partial charge in [-0.3, -0.25) is 14.9 Å². The molecule has 8 nitrogen and oxygen atoms in total. The third-order valence-electron chi connectivity index (χ3n) is 2.75. The first-order valence-corrected chi connectivity index (χ1v) is 8.09. The number of aliphatic carboxylic acids is 1. The van der Waals surface area contributed by atoms with E-state index in [4.69, 9.17) is 16.7 Å². The number of rotatable bonds is 6. The molecule has 2 rings (SSSR count). The molecule has 1 fully saturated rings.